The van der Waals surface area contributed by atoms with Gasteiger partial charge < -0.3 is 4.74 Å². The first-order chi connectivity index (χ1) is 7.94. The van der Waals surface area contributed by atoms with Crippen LogP contribution in [-0.2, 0) is 14.9 Å². The first-order valence-corrected chi connectivity index (χ1v) is 5.17. The molecule has 1 aromatic rings. The number of rotatable bonds is 2. The maximum absolute atomic E-state index is 12.6. The van der Waals surface area contributed by atoms with Gasteiger partial charge in [0.15, 0.2) is 5.78 Å². The lowest BCUT2D eigenvalue weighted by atomic mass is 9.76. The molecular weight excluding hydrogens is 233 g/mol. The number of alkyl halides is 3. The third-order valence-electron chi connectivity index (χ3n) is 2.94. The Bertz CT molecular complexity index is 414. The van der Waals surface area contributed by atoms with E-state index in [-0.39, 0.29) is 13.2 Å². The van der Waals surface area contributed by atoms with Crippen LogP contribution in [0.2, 0.25) is 0 Å². The van der Waals surface area contributed by atoms with Crippen molar-refractivity contribution in [1.29, 1.82) is 0 Å². The first kappa shape index (κ1) is 12.1. The molecule has 1 aliphatic heterocycles. The third-order valence-corrected chi connectivity index (χ3v) is 2.94. The van der Waals surface area contributed by atoms with Crippen LogP contribution in [0.5, 0.6) is 0 Å². The van der Waals surface area contributed by atoms with Gasteiger partial charge in [-0.15, -0.1) is 0 Å². The molecule has 0 saturated carbocycles. The molecule has 0 N–H and O–H groups in total. The molecule has 1 atom stereocenters. The average molecular weight is 244 g/mol. The Morgan fingerprint density at radius 3 is 2.35 bits per heavy atom. The van der Waals surface area contributed by atoms with Crippen LogP contribution in [0.25, 0.3) is 0 Å². The van der Waals surface area contributed by atoms with Crippen molar-refractivity contribution in [2.75, 3.05) is 13.2 Å². The van der Waals surface area contributed by atoms with Gasteiger partial charge in [-0.25, -0.2) is 0 Å². The highest BCUT2D eigenvalue weighted by Crippen LogP contribution is 2.40. The zero-order valence-electron chi connectivity index (χ0n) is 8.96. The average Bonchev–Trinajstić information content (AvgIpc) is 2.60. The van der Waals surface area contributed by atoms with Gasteiger partial charge in [0.05, 0.1) is 18.4 Å². The highest BCUT2D eigenvalue weighted by Gasteiger charge is 2.51. The Kier molecular flexibility index (Phi) is 2.95. The molecule has 1 aromatic carbocycles. The molecule has 1 saturated heterocycles. The third kappa shape index (κ3) is 2.34. The highest BCUT2D eigenvalue weighted by atomic mass is 19.4. The highest BCUT2D eigenvalue weighted by molar-refractivity contribution is 5.93. The normalized spacial score (nSPS) is 25.2. The van der Waals surface area contributed by atoms with E-state index >= 15 is 0 Å². The number of carbonyl (C=O) groups excluding carboxylic acids is 1. The van der Waals surface area contributed by atoms with Crippen LogP contribution < -0.4 is 0 Å². The molecule has 2 rings (SSSR count). The number of Topliss-reactive ketones (excluding diaryl/α,β-unsaturated/α-hetero) is 1. The van der Waals surface area contributed by atoms with Gasteiger partial charge in [0, 0.05) is 0 Å². The number of hydrogen-bond donors (Lipinski definition) is 0. The van der Waals surface area contributed by atoms with Gasteiger partial charge >= 0.3 is 6.18 Å². The molecule has 1 aliphatic rings. The van der Waals surface area contributed by atoms with Gasteiger partial charge in [-0.05, 0) is 5.56 Å². The second-order valence-electron chi connectivity index (χ2n) is 4.16. The topological polar surface area (TPSA) is 26.3 Å². The predicted octanol–water partition coefficient (Wildman–Crippen LogP) is 2.48. The predicted molar refractivity (Wildman–Crippen MR) is 54.6 cm³/mol. The largest absolute Gasteiger partial charge is 0.390 e. The summed E-state index contributed by atoms with van der Waals surface area (Å²) in [4.78, 5) is 11.7. The second kappa shape index (κ2) is 4.14. The van der Waals surface area contributed by atoms with E-state index in [1.165, 1.54) is 0 Å². The van der Waals surface area contributed by atoms with Crippen LogP contribution in [0.3, 0.4) is 0 Å². The molecule has 0 amide bonds. The molecule has 1 fully saturated rings. The van der Waals surface area contributed by atoms with Crippen molar-refractivity contribution in [3.8, 4) is 0 Å². The molecule has 1 heterocycles. The minimum absolute atomic E-state index is 0.199. The van der Waals surface area contributed by atoms with E-state index in [1.54, 1.807) is 30.3 Å². The van der Waals surface area contributed by atoms with Gasteiger partial charge in [0.1, 0.15) is 6.61 Å². The number of carbonyl (C=O) groups is 1. The van der Waals surface area contributed by atoms with E-state index in [4.69, 9.17) is 4.74 Å². The zero-order valence-corrected chi connectivity index (χ0v) is 8.96. The summed E-state index contributed by atoms with van der Waals surface area (Å²) >= 11 is 0. The monoisotopic (exact) mass is 244 g/mol. The summed E-state index contributed by atoms with van der Waals surface area (Å²) in [6.07, 6.45) is -5.55. The van der Waals surface area contributed by atoms with Gasteiger partial charge in [-0.1, -0.05) is 30.3 Å². The van der Waals surface area contributed by atoms with Crippen molar-refractivity contribution < 1.29 is 22.7 Å². The molecule has 0 bridgehead atoms. The van der Waals surface area contributed by atoms with E-state index in [1.807, 2.05) is 0 Å². The summed E-state index contributed by atoms with van der Waals surface area (Å²) in [6, 6.07) is 8.03. The van der Waals surface area contributed by atoms with Crippen molar-refractivity contribution in [3.63, 3.8) is 0 Å². The summed E-state index contributed by atoms with van der Waals surface area (Å²) in [5.74, 6) is -0.499. The molecule has 92 valence electrons. The number of halogens is 3. The molecule has 0 aromatic heterocycles. The van der Waals surface area contributed by atoms with Crippen molar-refractivity contribution in [1.82, 2.24) is 0 Å². The van der Waals surface area contributed by atoms with Crippen molar-refractivity contribution in [2.45, 2.75) is 18.0 Å². The molecule has 0 radical (unpaired) electrons. The molecule has 0 aliphatic carbocycles. The zero-order chi connectivity index (χ0) is 12.5. The number of ether oxygens (including phenoxy) is 1. The van der Waals surface area contributed by atoms with Crippen molar-refractivity contribution >= 4 is 5.78 Å². The minimum Gasteiger partial charge on any atom is -0.372 e. The number of hydrogen-bond acceptors (Lipinski definition) is 2. The van der Waals surface area contributed by atoms with Crippen molar-refractivity contribution in [3.05, 3.63) is 35.9 Å². The fourth-order valence-corrected chi connectivity index (χ4v) is 2.13. The lowest BCUT2D eigenvalue weighted by molar-refractivity contribution is -0.155. The van der Waals surface area contributed by atoms with E-state index in [9.17, 15) is 18.0 Å². The van der Waals surface area contributed by atoms with Crippen LogP contribution in [0.15, 0.2) is 30.3 Å². The Balaban J connectivity index is 2.42. The molecule has 5 heteroatoms. The Labute approximate surface area is 96.4 Å². The minimum atomic E-state index is -4.39. The lowest BCUT2D eigenvalue weighted by Gasteiger charge is -2.27. The molecule has 17 heavy (non-hydrogen) atoms. The first-order valence-electron chi connectivity index (χ1n) is 5.17. The molecule has 1 unspecified atom stereocenters. The second-order valence-corrected chi connectivity index (χ2v) is 4.16. The number of ketones is 1. The summed E-state index contributed by atoms with van der Waals surface area (Å²) in [7, 11) is 0. The SMILES string of the molecule is O=C1COCC1(CC(F)(F)F)c1ccccc1. The van der Waals surface area contributed by atoms with Crippen LogP contribution in [0.1, 0.15) is 12.0 Å². The molecule has 2 nitrogen and oxygen atoms in total. The van der Waals surface area contributed by atoms with E-state index < -0.39 is 23.8 Å². The van der Waals surface area contributed by atoms with E-state index in [0.29, 0.717) is 5.56 Å². The van der Waals surface area contributed by atoms with Gasteiger partial charge in [0.2, 0.25) is 0 Å². The summed E-state index contributed by atoms with van der Waals surface area (Å²) < 4.78 is 42.7. The van der Waals surface area contributed by atoms with Gasteiger partial charge in [-0.2, -0.15) is 13.2 Å². The maximum Gasteiger partial charge on any atom is 0.390 e. The fourth-order valence-electron chi connectivity index (χ4n) is 2.13. The maximum atomic E-state index is 12.6. The van der Waals surface area contributed by atoms with Crippen molar-refractivity contribution in [2.24, 2.45) is 0 Å². The standard InChI is InChI=1S/C12H11F3O2/c13-12(14,15)7-11(8-17-6-10(11)16)9-4-2-1-3-5-9/h1-5H,6-8H2. The van der Waals surface area contributed by atoms with E-state index in [0.717, 1.165) is 0 Å². The smallest absolute Gasteiger partial charge is 0.372 e. The summed E-state index contributed by atoms with van der Waals surface area (Å²) in [5, 5.41) is 0. The van der Waals surface area contributed by atoms with E-state index in [2.05, 4.69) is 0 Å². The Morgan fingerprint density at radius 2 is 1.88 bits per heavy atom. The van der Waals surface area contributed by atoms with Crippen LogP contribution in [0.4, 0.5) is 13.2 Å². The lowest BCUT2D eigenvalue weighted by Crippen LogP contribution is -2.39. The number of benzene rings is 1. The fraction of sp³-hybridized carbons (Fsp3) is 0.417. The van der Waals surface area contributed by atoms with Crippen LogP contribution >= 0.6 is 0 Å². The quantitative estimate of drug-likeness (QED) is 0.798. The Morgan fingerprint density at radius 1 is 1.24 bits per heavy atom. The van der Waals surface area contributed by atoms with Crippen LogP contribution in [0, 0.1) is 0 Å². The summed E-state index contributed by atoms with van der Waals surface area (Å²) in [5.41, 5.74) is -1.18. The van der Waals surface area contributed by atoms with Crippen LogP contribution in [-0.4, -0.2) is 25.2 Å². The molecule has 0 spiro atoms. The van der Waals surface area contributed by atoms with Gasteiger partial charge in [-0.3, -0.25) is 4.79 Å². The molecular formula is C12H11F3O2. The summed E-state index contributed by atoms with van der Waals surface area (Å²) in [6.45, 7) is -0.444. The Hall–Kier alpha value is -1.36. The van der Waals surface area contributed by atoms with Gasteiger partial charge in [0.25, 0.3) is 0 Å².